The summed E-state index contributed by atoms with van der Waals surface area (Å²) in [7, 11) is 0. The zero-order valence-electron chi connectivity index (χ0n) is 18.9. The zero-order chi connectivity index (χ0) is 23.3. The summed E-state index contributed by atoms with van der Waals surface area (Å²) in [5.74, 6) is -0.587. The van der Waals surface area contributed by atoms with Gasteiger partial charge in [0, 0.05) is 37.6 Å². The van der Waals surface area contributed by atoms with Gasteiger partial charge in [0.1, 0.15) is 10.4 Å². The first-order valence-corrected chi connectivity index (χ1v) is 12.5. The quantitative estimate of drug-likeness (QED) is 0.381. The molecule has 33 heavy (non-hydrogen) atoms. The molecule has 0 bridgehead atoms. The Morgan fingerprint density at radius 1 is 1.12 bits per heavy atom. The molecule has 2 aromatic carbocycles. The Kier molecular flexibility index (Phi) is 5.80. The average Bonchev–Trinajstić information content (AvgIpc) is 3.18. The lowest BCUT2D eigenvalue weighted by molar-refractivity contribution is 0.0527. The lowest BCUT2D eigenvalue weighted by atomic mass is 10.1. The van der Waals surface area contributed by atoms with Gasteiger partial charge in [-0.3, -0.25) is 14.1 Å². The summed E-state index contributed by atoms with van der Waals surface area (Å²) < 4.78 is 8.23. The molecule has 5 rings (SSSR count). The molecule has 0 spiro atoms. The lowest BCUT2D eigenvalue weighted by Gasteiger charge is -2.38. The van der Waals surface area contributed by atoms with E-state index in [2.05, 4.69) is 23.6 Å². The van der Waals surface area contributed by atoms with Crippen LogP contribution >= 0.6 is 22.9 Å². The number of pyridine rings is 1. The van der Waals surface area contributed by atoms with Crippen LogP contribution in [0.1, 0.15) is 31.1 Å². The Hall–Kier alpha value is -2.61. The van der Waals surface area contributed by atoms with Gasteiger partial charge in [-0.25, -0.2) is 4.79 Å². The summed E-state index contributed by atoms with van der Waals surface area (Å²) in [6, 6.07) is 12.1. The number of esters is 1. The molecule has 0 radical (unpaired) electrons. The number of thiazole rings is 1. The van der Waals surface area contributed by atoms with Crippen molar-refractivity contribution in [1.29, 1.82) is 0 Å². The van der Waals surface area contributed by atoms with Crippen LogP contribution in [0.15, 0.2) is 41.2 Å². The second-order valence-corrected chi connectivity index (χ2v) is 10.0. The lowest BCUT2D eigenvalue weighted by Crippen LogP contribution is -2.49. The van der Waals surface area contributed by atoms with Gasteiger partial charge >= 0.3 is 5.97 Å². The molecule has 0 saturated carbocycles. The maximum absolute atomic E-state index is 13.6. The van der Waals surface area contributed by atoms with E-state index in [9.17, 15) is 9.59 Å². The number of ether oxygens (including phenoxy) is 1. The van der Waals surface area contributed by atoms with Crippen LogP contribution in [0, 0.1) is 0 Å². The van der Waals surface area contributed by atoms with Crippen LogP contribution in [0.25, 0.3) is 25.9 Å². The molecule has 8 heteroatoms. The molecule has 6 nitrogen and oxygen atoms in total. The van der Waals surface area contributed by atoms with E-state index < -0.39 is 5.97 Å². The molecular weight excluding hydrogens is 458 g/mol. The van der Waals surface area contributed by atoms with Crippen LogP contribution in [0.2, 0.25) is 5.02 Å². The van der Waals surface area contributed by atoms with Gasteiger partial charge in [0.2, 0.25) is 5.43 Å². The number of hydrogen-bond acceptors (Lipinski definition) is 6. The number of hydrogen-bond donors (Lipinski definition) is 0. The van der Waals surface area contributed by atoms with Gasteiger partial charge in [0.25, 0.3) is 0 Å². The Labute approximate surface area is 200 Å². The summed E-state index contributed by atoms with van der Waals surface area (Å²) >= 11 is 8.22. The van der Waals surface area contributed by atoms with Gasteiger partial charge in [-0.1, -0.05) is 23.7 Å². The highest BCUT2D eigenvalue weighted by Crippen LogP contribution is 2.36. The molecule has 1 saturated heterocycles. The average molecular weight is 484 g/mol. The van der Waals surface area contributed by atoms with Crippen LogP contribution < -0.4 is 10.3 Å². The topological polar surface area (TPSA) is 54.3 Å². The van der Waals surface area contributed by atoms with Gasteiger partial charge in [-0.05, 0) is 45.0 Å². The Morgan fingerprint density at radius 3 is 2.55 bits per heavy atom. The molecule has 1 fully saturated rings. The van der Waals surface area contributed by atoms with Crippen LogP contribution in [0.3, 0.4) is 0 Å². The standard InChI is InChI=1S/C25H26ClN3O3S/c1-4-32-25(31)22-23(30)16-13-20(28-11-9-27(10-12-28)15(2)3)17(26)14-19(16)29-18-7-5-6-8-21(18)33-24(22)29/h5-8,13-15H,4,9-12H2,1-3H3. The van der Waals surface area contributed by atoms with Gasteiger partial charge in [-0.2, -0.15) is 0 Å². The molecule has 3 heterocycles. The first-order valence-electron chi connectivity index (χ1n) is 11.3. The molecule has 0 amide bonds. The van der Waals surface area contributed by atoms with E-state index in [1.165, 1.54) is 11.3 Å². The number of anilines is 1. The number of halogens is 1. The Bertz CT molecular complexity index is 1430. The van der Waals surface area contributed by atoms with E-state index in [0.717, 1.165) is 42.1 Å². The number of nitrogens with zero attached hydrogens (tertiary/aromatic N) is 3. The highest BCUT2D eigenvalue weighted by molar-refractivity contribution is 7.24. The van der Waals surface area contributed by atoms with Crippen LogP contribution in [0.5, 0.6) is 0 Å². The summed E-state index contributed by atoms with van der Waals surface area (Å²) in [6.07, 6.45) is 0. The second kappa shape index (κ2) is 8.63. The molecular formula is C25H26ClN3O3S. The van der Waals surface area contributed by atoms with Crippen LogP contribution in [0.4, 0.5) is 5.69 Å². The minimum absolute atomic E-state index is 0.0865. The first kappa shape index (κ1) is 22.2. The number of aromatic nitrogens is 1. The molecule has 0 aliphatic carbocycles. The highest BCUT2D eigenvalue weighted by atomic mass is 35.5. The number of para-hydroxylation sites is 1. The molecule has 0 N–H and O–H groups in total. The zero-order valence-corrected chi connectivity index (χ0v) is 20.5. The van der Waals surface area contributed by atoms with Crippen LogP contribution in [-0.2, 0) is 4.74 Å². The number of fused-ring (bicyclic) bond motifs is 5. The molecule has 0 unspecified atom stereocenters. The molecule has 1 aliphatic rings. The molecule has 2 aromatic heterocycles. The van der Waals surface area contributed by atoms with Crippen molar-refractivity contribution in [3.05, 3.63) is 57.2 Å². The number of carbonyl (C=O) groups excluding carboxylic acids is 1. The molecule has 0 atom stereocenters. The molecule has 172 valence electrons. The number of rotatable bonds is 4. The Balaban J connectivity index is 1.76. The van der Waals surface area contributed by atoms with Crippen molar-refractivity contribution in [2.75, 3.05) is 37.7 Å². The van der Waals surface area contributed by atoms with E-state index in [4.69, 9.17) is 16.3 Å². The van der Waals surface area contributed by atoms with Crippen molar-refractivity contribution < 1.29 is 9.53 Å². The predicted molar refractivity (Wildman–Crippen MR) is 136 cm³/mol. The van der Waals surface area contributed by atoms with Gasteiger partial charge in [0.15, 0.2) is 0 Å². The normalized spacial score (nSPS) is 15.2. The van der Waals surface area contributed by atoms with Gasteiger partial charge in [0.05, 0.1) is 33.1 Å². The Morgan fingerprint density at radius 2 is 1.85 bits per heavy atom. The summed E-state index contributed by atoms with van der Waals surface area (Å²) in [5.41, 5.74) is 2.24. The van der Waals surface area contributed by atoms with Crippen molar-refractivity contribution in [3.63, 3.8) is 0 Å². The van der Waals surface area contributed by atoms with E-state index in [-0.39, 0.29) is 17.6 Å². The van der Waals surface area contributed by atoms with Crippen molar-refractivity contribution in [3.8, 4) is 0 Å². The molecule has 1 aliphatic heterocycles. The SMILES string of the molecule is CCOC(=O)c1c(=O)c2cc(N3CCN(C(C)C)CC3)c(Cl)cc2n2c1sc1ccccc12. The van der Waals surface area contributed by atoms with Gasteiger partial charge in [-0.15, -0.1) is 11.3 Å². The maximum Gasteiger partial charge on any atom is 0.345 e. The van der Waals surface area contributed by atoms with Crippen molar-refractivity contribution in [2.45, 2.75) is 26.8 Å². The fraction of sp³-hybridized carbons (Fsp3) is 0.360. The van der Waals surface area contributed by atoms with Gasteiger partial charge < -0.3 is 9.64 Å². The minimum Gasteiger partial charge on any atom is -0.462 e. The van der Waals surface area contributed by atoms with Crippen molar-refractivity contribution in [1.82, 2.24) is 9.30 Å². The van der Waals surface area contributed by atoms with Crippen molar-refractivity contribution >= 4 is 60.5 Å². The van der Waals surface area contributed by atoms with E-state index in [1.54, 1.807) is 6.92 Å². The number of piperazine rings is 1. The van der Waals surface area contributed by atoms with Crippen LogP contribution in [-0.4, -0.2) is 54.1 Å². The van der Waals surface area contributed by atoms with Crippen molar-refractivity contribution in [2.24, 2.45) is 0 Å². The smallest absolute Gasteiger partial charge is 0.345 e. The summed E-state index contributed by atoms with van der Waals surface area (Å²) in [5, 5.41) is 1.08. The summed E-state index contributed by atoms with van der Waals surface area (Å²) in [4.78, 5) is 31.8. The summed E-state index contributed by atoms with van der Waals surface area (Å²) in [6.45, 7) is 9.89. The monoisotopic (exact) mass is 483 g/mol. The number of benzene rings is 2. The third-order valence-corrected chi connectivity index (χ3v) is 7.82. The first-order chi connectivity index (χ1) is 15.9. The van der Waals surface area contributed by atoms with E-state index in [0.29, 0.717) is 26.8 Å². The third kappa shape index (κ3) is 3.68. The number of carbonyl (C=O) groups is 1. The fourth-order valence-electron chi connectivity index (χ4n) is 4.64. The van der Waals surface area contributed by atoms with E-state index >= 15 is 0 Å². The fourth-order valence-corrected chi connectivity index (χ4v) is 6.11. The second-order valence-electron chi connectivity index (χ2n) is 8.57. The highest BCUT2D eigenvalue weighted by Gasteiger charge is 2.26. The van der Waals surface area contributed by atoms with E-state index in [1.807, 2.05) is 40.8 Å². The third-order valence-electron chi connectivity index (χ3n) is 6.37. The predicted octanol–water partition coefficient (Wildman–Crippen LogP) is 5.03. The minimum atomic E-state index is -0.587. The molecule has 4 aromatic rings. The maximum atomic E-state index is 13.6. The largest absolute Gasteiger partial charge is 0.462 e.